The van der Waals surface area contributed by atoms with Gasteiger partial charge in [0.05, 0.1) is 18.1 Å². The minimum atomic E-state index is -1.10. The number of carboxylic acids is 1. The van der Waals surface area contributed by atoms with Gasteiger partial charge in [-0.05, 0) is 25.0 Å². The van der Waals surface area contributed by atoms with Crippen molar-refractivity contribution in [2.75, 3.05) is 20.3 Å². The van der Waals surface area contributed by atoms with Crippen LogP contribution in [0.15, 0.2) is 18.2 Å². The van der Waals surface area contributed by atoms with Crippen LogP contribution in [0.4, 0.5) is 4.39 Å². The topological polar surface area (TPSA) is 84.9 Å². The summed E-state index contributed by atoms with van der Waals surface area (Å²) in [7, 11) is 1.46. The Morgan fingerprint density at radius 1 is 1.50 bits per heavy atom. The lowest BCUT2D eigenvalue weighted by atomic mass is 9.93. The number of ether oxygens (including phenoxy) is 2. The Morgan fingerprint density at radius 2 is 2.31 bits per heavy atom. The Kier molecular flexibility index (Phi) is 5.85. The molecule has 1 saturated heterocycles. The third-order valence-corrected chi connectivity index (χ3v) is 5.67. The van der Waals surface area contributed by atoms with Crippen LogP contribution < -0.4 is 5.32 Å². The van der Waals surface area contributed by atoms with Gasteiger partial charge in [0.2, 0.25) is 0 Å². The molecular formula is C18H20FNO5S. The second kappa shape index (κ2) is 8.11. The molecule has 1 amide bonds. The number of thiophene rings is 1. The van der Waals surface area contributed by atoms with Crippen LogP contribution in [0.1, 0.15) is 28.1 Å². The molecule has 0 radical (unpaired) electrons. The van der Waals surface area contributed by atoms with E-state index in [0.29, 0.717) is 35.3 Å². The summed E-state index contributed by atoms with van der Waals surface area (Å²) in [5.41, 5.74) is 0.437. The fraction of sp³-hybridized carbons (Fsp3) is 0.444. The Labute approximate surface area is 153 Å². The number of benzene rings is 1. The van der Waals surface area contributed by atoms with Crippen LogP contribution in [0, 0.1) is 11.7 Å². The van der Waals surface area contributed by atoms with Crippen molar-refractivity contribution < 1.29 is 28.6 Å². The first kappa shape index (κ1) is 18.8. The number of nitrogens with one attached hydrogen (secondary N) is 1. The van der Waals surface area contributed by atoms with E-state index < -0.39 is 23.7 Å². The lowest BCUT2D eigenvalue weighted by Gasteiger charge is -2.28. The van der Waals surface area contributed by atoms with Crippen molar-refractivity contribution in [2.24, 2.45) is 5.92 Å². The minimum absolute atomic E-state index is 0.0635. The zero-order chi connectivity index (χ0) is 18.7. The highest BCUT2D eigenvalue weighted by molar-refractivity contribution is 7.21. The Hall–Kier alpha value is -2.03. The van der Waals surface area contributed by atoms with Crippen molar-refractivity contribution in [3.8, 4) is 0 Å². The van der Waals surface area contributed by atoms with Crippen molar-refractivity contribution in [3.05, 3.63) is 34.5 Å². The van der Waals surface area contributed by atoms with Crippen LogP contribution in [0.25, 0.3) is 10.1 Å². The molecule has 1 aromatic heterocycles. The van der Waals surface area contributed by atoms with Crippen LogP contribution in [-0.2, 0) is 20.9 Å². The van der Waals surface area contributed by atoms with Gasteiger partial charge in [0.15, 0.2) is 0 Å². The Morgan fingerprint density at radius 3 is 2.96 bits per heavy atom. The van der Waals surface area contributed by atoms with Crippen LogP contribution in [-0.4, -0.2) is 43.3 Å². The average Bonchev–Trinajstić information content (AvgIpc) is 3.00. The summed E-state index contributed by atoms with van der Waals surface area (Å²) < 4.78 is 25.3. The molecule has 2 unspecified atom stereocenters. The Balaban J connectivity index is 1.92. The van der Waals surface area contributed by atoms with E-state index in [4.69, 9.17) is 9.47 Å². The third kappa shape index (κ3) is 3.72. The van der Waals surface area contributed by atoms with Crippen LogP contribution in [0.5, 0.6) is 0 Å². The maximum atomic E-state index is 14.2. The van der Waals surface area contributed by atoms with Gasteiger partial charge in [0.25, 0.3) is 5.91 Å². The number of amides is 1. The van der Waals surface area contributed by atoms with Crippen molar-refractivity contribution in [3.63, 3.8) is 0 Å². The van der Waals surface area contributed by atoms with Gasteiger partial charge in [-0.25, -0.2) is 9.18 Å². The fourth-order valence-corrected chi connectivity index (χ4v) is 4.37. The molecule has 2 atom stereocenters. The highest BCUT2D eigenvalue weighted by Crippen LogP contribution is 2.34. The second-order valence-electron chi connectivity index (χ2n) is 6.22. The molecule has 0 spiro atoms. The van der Waals surface area contributed by atoms with E-state index in [1.807, 2.05) is 0 Å². The van der Waals surface area contributed by atoms with Crippen molar-refractivity contribution in [2.45, 2.75) is 25.5 Å². The van der Waals surface area contributed by atoms with Gasteiger partial charge in [-0.1, -0.05) is 6.07 Å². The van der Waals surface area contributed by atoms with E-state index in [1.165, 1.54) is 13.2 Å². The van der Waals surface area contributed by atoms with E-state index in [-0.39, 0.29) is 17.4 Å². The zero-order valence-corrected chi connectivity index (χ0v) is 15.1. The average molecular weight is 381 g/mol. The maximum Gasteiger partial charge on any atom is 0.326 e. The molecule has 2 heterocycles. The number of methoxy groups -OCH3 is 1. The summed E-state index contributed by atoms with van der Waals surface area (Å²) in [6.07, 6.45) is 1.43. The SMILES string of the molecule is COCc1c(C(=O)NC(C(=O)O)C2CCCOC2)sc2cccc(F)c12. The van der Waals surface area contributed by atoms with Gasteiger partial charge in [0.1, 0.15) is 11.9 Å². The van der Waals surface area contributed by atoms with Gasteiger partial charge in [0, 0.05) is 35.3 Å². The summed E-state index contributed by atoms with van der Waals surface area (Å²) in [5.74, 6) is -2.35. The molecule has 1 aromatic carbocycles. The molecule has 26 heavy (non-hydrogen) atoms. The molecule has 0 bridgehead atoms. The number of carbonyl (C=O) groups excluding carboxylic acids is 1. The van der Waals surface area contributed by atoms with E-state index in [1.54, 1.807) is 12.1 Å². The lowest BCUT2D eigenvalue weighted by Crippen LogP contribution is -2.48. The maximum absolute atomic E-state index is 14.2. The van der Waals surface area contributed by atoms with Crippen LogP contribution in [0.3, 0.4) is 0 Å². The Bertz CT molecular complexity index is 815. The summed E-state index contributed by atoms with van der Waals surface area (Å²) in [6, 6.07) is 3.58. The van der Waals surface area contributed by atoms with E-state index >= 15 is 0 Å². The molecule has 1 fully saturated rings. The number of rotatable bonds is 6. The van der Waals surface area contributed by atoms with E-state index in [9.17, 15) is 19.1 Å². The molecule has 3 rings (SSSR count). The highest BCUT2D eigenvalue weighted by atomic mass is 32.1. The molecule has 0 aliphatic carbocycles. The van der Waals surface area contributed by atoms with Gasteiger partial charge in [-0.3, -0.25) is 4.79 Å². The molecular weight excluding hydrogens is 361 g/mol. The van der Waals surface area contributed by atoms with Crippen molar-refractivity contribution >= 4 is 33.3 Å². The van der Waals surface area contributed by atoms with Gasteiger partial charge >= 0.3 is 5.97 Å². The highest BCUT2D eigenvalue weighted by Gasteiger charge is 2.33. The van der Waals surface area contributed by atoms with E-state index in [2.05, 4.69) is 5.32 Å². The summed E-state index contributed by atoms with van der Waals surface area (Å²) in [4.78, 5) is 24.7. The molecule has 1 aliphatic heterocycles. The second-order valence-corrected chi connectivity index (χ2v) is 7.27. The molecule has 0 saturated carbocycles. The quantitative estimate of drug-likeness (QED) is 0.804. The molecule has 8 heteroatoms. The first-order chi connectivity index (χ1) is 12.5. The summed E-state index contributed by atoms with van der Waals surface area (Å²) >= 11 is 1.13. The molecule has 140 valence electrons. The summed E-state index contributed by atoms with van der Waals surface area (Å²) in [5, 5.41) is 12.5. The molecule has 2 aromatic rings. The number of hydrogen-bond acceptors (Lipinski definition) is 5. The van der Waals surface area contributed by atoms with Crippen molar-refractivity contribution in [1.82, 2.24) is 5.32 Å². The standard InChI is InChI=1S/C18H20FNO5S/c1-24-9-11-14-12(19)5-2-6-13(14)26-16(11)17(21)20-15(18(22)23)10-4-3-7-25-8-10/h2,5-6,10,15H,3-4,7-9H2,1H3,(H,20,21)(H,22,23). The predicted octanol–water partition coefficient (Wildman–Crippen LogP) is 2.80. The van der Waals surface area contributed by atoms with Crippen LogP contribution >= 0.6 is 11.3 Å². The largest absolute Gasteiger partial charge is 0.480 e. The normalized spacial score (nSPS) is 18.6. The predicted molar refractivity (Wildman–Crippen MR) is 94.9 cm³/mol. The minimum Gasteiger partial charge on any atom is -0.480 e. The monoisotopic (exact) mass is 381 g/mol. The number of carboxylic acid groups (broad SMARTS) is 1. The lowest BCUT2D eigenvalue weighted by molar-refractivity contribution is -0.142. The number of fused-ring (bicyclic) bond motifs is 1. The number of carbonyl (C=O) groups is 2. The summed E-state index contributed by atoms with van der Waals surface area (Å²) in [6.45, 7) is 0.960. The first-order valence-corrected chi connectivity index (χ1v) is 9.14. The van der Waals surface area contributed by atoms with Crippen LogP contribution in [0.2, 0.25) is 0 Å². The van der Waals surface area contributed by atoms with E-state index in [0.717, 1.165) is 17.8 Å². The number of aliphatic carboxylic acids is 1. The fourth-order valence-electron chi connectivity index (χ4n) is 3.25. The number of halogens is 1. The number of hydrogen-bond donors (Lipinski definition) is 2. The zero-order valence-electron chi connectivity index (χ0n) is 14.3. The smallest absolute Gasteiger partial charge is 0.326 e. The molecule has 6 nitrogen and oxygen atoms in total. The van der Waals surface area contributed by atoms with Gasteiger partial charge < -0.3 is 19.9 Å². The van der Waals surface area contributed by atoms with Gasteiger partial charge in [-0.15, -0.1) is 11.3 Å². The first-order valence-electron chi connectivity index (χ1n) is 8.33. The molecule has 1 aliphatic rings. The molecule has 2 N–H and O–H groups in total. The van der Waals surface area contributed by atoms with Crippen molar-refractivity contribution in [1.29, 1.82) is 0 Å². The van der Waals surface area contributed by atoms with Gasteiger partial charge in [-0.2, -0.15) is 0 Å². The third-order valence-electron chi connectivity index (χ3n) is 4.48.